The van der Waals surface area contributed by atoms with E-state index in [1.807, 2.05) is 24.3 Å². The van der Waals surface area contributed by atoms with E-state index in [1.165, 1.54) is 6.21 Å². The number of rotatable bonds is 2. The second kappa shape index (κ2) is 5.83. The molecule has 1 aliphatic carbocycles. The van der Waals surface area contributed by atoms with Gasteiger partial charge in [-0.05, 0) is 49.3 Å². The summed E-state index contributed by atoms with van der Waals surface area (Å²) in [5.74, 6) is 0.383. The number of hydrogen-bond donors (Lipinski definition) is 1. The van der Waals surface area contributed by atoms with Crippen molar-refractivity contribution in [1.82, 2.24) is 10.3 Å². The molecule has 0 atom stereocenters. The summed E-state index contributed by atoms with van der Waals surface area (Å²) in [6, 6.07) is 7.08. The first-order chi connectivity index (χ1) is 10.5. The highest BCUT2D eigenvalue weighted by atomic mass is 79.9. The van der Waals surface area contributed by atoms with E-state index < -0.39 is 11.6 Å². The van der Waals surface area contributed by atoms with E-state index in [9.17, 15) is 9.59 Å². The Bertz CT molecular complexity index is 619. The van der Waals surface area contributed by atoms with Gasteiger partial charge in [-0.15, -0.1) is 5.01 Å². The summed E-state index contributed by atoms with van der Waals surface area (Å²) in [7, 11) is 0. The molecule has 22 heavy (non-hydrogen) atoms. The number of nitrogens with zero attached hydrogens (tertiary/aromatic N) is 2. The van der Waals surface area contributed by atoms with Crippen molar-refractivity contribution in [2.24, 2.45) is 11.0 Å². The molecule has 1 saturated heterocycles. The molecule has 6 heteroatoms. The number of carbonyl (C=O) groups excluding carboxylic acids is 2. The third kappa shape index (κ3) is 2.79. The number of urea groups is 1. The van der Waals surface area contributed by atoms with Crippen LogP contribution < -0.4 is 5.32 Å². The van der Waals surface area contributed by atoms with Crippen molar-refractivity contribution in [3.8, 4) is 0 Å². The van der Waals surface area contributed by atoms with Crippen LogP contribution in [0.5, 0.6) is 0 Å². The van der Waals surface area contributed by atoms with E-state index in [0.717, 1.165) is 27.9 Å². The predicted molar refractivity (Wildman–Crippen MR) is 87.5 cm³/mol. The monoisotopic (exact) mass is 363 g/mol. The van der Waals surface area contributed by atoms with Gasteiger partial charge in [-0.2, -0.15) is 5.10 Å². The van der Waals surface area contributed by atoms with Crippen LogP contribution in [0, 0.1) is 5.92 Å². The maximum Gasteiger partial charge on any atom is 0.346 e. The molecule has 0 radical (unpaired) electrons. The lowest BCUT2D eigenvalue weighted by Gasteiger charge is -2.33. The molecule has 116 valence electrons. The van der Waals surface area contributed by atoms with Crippen molar-refractivity contribution in [1.29, 1.82) is 0 Å². The molecule has 1 spiro atoms. The lowest BCUT2D eigenvalue weighted by Crippen LogP contribution is -2.49. The molecule has 3 rings (SSSR count). The first-order valence-electron chi connectivity index (χ1n) is 7.46. The Labute approximate surface area is 137 Å². The Kier molecular flexibility index (Phi) is 4.04. The zero-order chi connectivity index (χ0) is 15.7. The van der Waals surface area contributed by atoms with E-state index >= 15 is 0 Å². The Morgan fingerprint density at radius 3 is 2.55 bits per heavy atom. The van der Waals surface area contributed by atoms with Gasteiger partial charge < -0.3 is 5.32 Å². The fourth-order valence-electron chi connectivity index (χ4n) is 2.98. The van der Waals surface area contributed by atoms with Crippen molar-refractivity contribution in [2.45, 2.75) is 38.1 Å². The lowest BCUT2D eigenvalue weighted by atomic mass is 9.77. The van der Waals surface area contributed by atoms with E-state index in [0.29, 0.717) is 18.8 Å². The molecule has 1 heterocycles. The maximum atomic E-state index is 12.6. The van der Waals surface area contributed by atoms with Crippen molar-refractivity contribution >= 4 is 34.1 Å². The Morgan fingerprint density at radius 1 is 1.27 bits per heavy atom. The van der Waals surface area contributed by atoms with Gasteiger partial charge in [0.15, 0.2) is 0 Å². The van der Waals surface area contributed by atoms with Crippen LogP contribution in [0.1, 0.15) is 38.2 Å². The van der Waals surface area contributed by atoms with Crippen LogP contribution in [-0.2, 0) is 4.79 Å². The SMILES string of the molecule is CC1CCC2(CC1)NC(=O)N(N=Cc1ccc(Br)cc1)C2=O. The van der Waals surface area contributed by atoms with E-state index in [4.69, 9.17) is 0 Å². The highest BCUT2D eigenvalue weighted by Gasteiger charge is 2.52. The van der Waals surface area contributed by atoms with Crippen molar-refractivity contribution in [3.05, 3.63) is 34.3 Å². The van der Waals surface area contributed by atoms with Crippen molar-refractivity contribution < 1.29 is 9.59 Å². The highest BCUT2D eigenvalue weighted by molar-refractivity contribution is 9.10. The van der Waals surface area contributed by atoms with Crippen LogP contribution in [-0.4, -0.2) is 28.7 Å². The Balaban J connectivity index is 1.76. The summed E-state index contributed by atoms with van der Waals surface area (Å²) in [6.45, 7) is 2.18. The van der Waals surface area contributed by atoms with Gasteiger partial charge >= 0.3 is 6.03 Å². The number of imide groups is 1. The van der Waals surface area contributed by atoms with Gasteiger partial charge in [-0.25, -0.2) is 4.79 Å². The topological polar surface area (TPSA) is 61.8 Å². The minimum absolute atomic E-state index is 0.224. The van der Waals surface area contributed by atoms with Crippen LogP contribution in [0.3, 0.4) is 0 Å². The average molecular weight is 364 g/mol. The van der Waals surface area contributed by atoms with Gasteiger partial charge in [-0.1, -0.05) is 35.0 Å². The number of amides is 3. The van der Waals surface area contributed by atoms with E-state index in [-0.39, 0.29) is 5.91 Å². The second-order valence-electron chi connectivity index (χ2n) is 6.11. The smallest absolute Gasteiger partial charge is 0.321 e. The van der Waals surface area contributed by atoms with Gasteiger partial charge in [0.05, 0.1) is 6.21 Å². The minimum Gasteiger partial charge on any atom is -0.321 e. The summed E-state index contributed by atoms with van der Waals surface area (Å²) in [5, 5.41) is 7.91. The molecule has 5 nitrogen and oxygen atoms in total. The molecule has 2 aliphatic rings. The Morgan fingerprint density at radius 2 is 1.91 bits per heavy atom. The molecule has 0 aromatic heterocycles. The Hall–Kier alpha value is -1.69. The fraction of sp³-hybridized carbons (Fsp3) is 0.438. The predicted octanol–water partition coefficient (Wildman–Crippen LogP) is 3.28. The number of hydrogen-bond acceptors (Lipinski definition) is 3. The van der Waals surface area contributed by atoms with Crippen molar-refractivity contribution in [3.63, 3.8) is 0 Å². The number of nitrogens with one attached hydrogen (secondary N) is 1. The number of benzene rings is 1. The first kappa shape index (κ1) is 15.2. The maximum absolute atomic E-state index is 12.6. The van der Waals surface area contributed by atoms with Gasteiger partial charge in [0, 0.05) is 4.47 Å². The van der Waals surface area contributed by atoms with Gasteiger partial charge in [0.25, 0.3) is 5.91 Å². The molecule has 0 unspecified atom stereocenters. The minimum atomic E-state index is -0.735. The van der Waals surface area contributed by atoms with Crippen molar-refractivity contribution in [2.75, 3.05) is 0 Å². The van der Waals surface area contributed by atoms with Crippen LogP contribution in [0.15, 0.2) is 33.8 Å². The molecule has 0 bridgehead atoms. The number of halogens is 1. The molecular weight excluding hydrogens is 346 g/mol. The van der Waals surface area contributed by atoms with Gasteiger partial charge in [0.2, 0.25) is 0 Å². The summed E-state index contributed by atoms with van der Waals surface area (Å²) in [6.07, 6.45) is 4.84. The molecule has 1 aromatic rings. The molecular formula is C16H18BrN3O2. The second-order valence-corrected chi connectivity index (χ2v) is 7.02. The van der Waals surface area contributed by atoms with Crippen LogP contribution in [0.25, 0.3) is 0 Å². The van der Waals surface area contributed by atoms with Gasteiger partial charge in [-0.3, -0.25) is 4.79 Å². The molecule has 1 aromatic carbocycles. The molecule has 2 fully saturated rings. The summed E-state index contributed by atoms with van der Waals surface area (Å²) in [4.78, 5) is 24.7. The molecule has 3 amide bonds. The molecule has 1 N–H and O–H groups in total. The zero-order valence-corrected chi connectivity index (χ0v) is 14.0. The summed E-state index contributed by atoms with van der Waals surface area (Å²) >= 11 is 3.36. The zero-order valence-electron chi connectivity index (χ0n) is 12.4. The van der Waals surface area contributed by atoms with Crippen LogP contribution >= 0.6 is 15.9 Å². The van der Waals surface area contributed by atoms with Crippen LogP contribution in [0.2, 0.25) is 0 Å². The summed E-state index contributed by atoms with van der Waals surface area (Å²) in [5.41, 5.74) is 0.0997. The standard InChI is InChI=1S/C16H18BrN3O2/c1-11-6-8-16(9-7-11)14(21)20(15(22)19-16)18-10-12-2-4-13(17)5-3-12/h2-5,10-11H,6-9H2,1H3,(H,19,22). The average Bonchev–Trinajstić information content (AvgIpc) is 2.73. The van der Waals surface area contributed by atoms with E-state index in [2.05, 4.69) is 33.3 Å². The first-order valence-corrected chi connectivity index (χ1v) is 8.26. The number of carbonyl (C=O) groups is 2. The fourth-order valence-corrected chi connectivity index (χ4v) is 3.24. The van der Waals surface area contributed by atoms with Crippen LogP contribution in [0.4, 0.5) is 4.79 Å². The largest absolute Gasteiger partial charge is 0.346 e. The van der Waals surface area contributed by atoms with E-state index in [1.54, 1.807) is 0 Å². The number of hydrazone groups is 1. The van der Waals surface area contributed by atoms with Gasteiger partial charge in [0.1, 0.15) is 5.54 Å². The summed E-state index contributed by atoms with van der Waals surface area (Å²) < 4.78 is 0.968. The molecule has 1 aliphatic heterocycles. The normalized spacial score (nSPS) is 28.6. The third-order valence-electron chi connectivity index (χ3n) is 4.46. The lowest BCUT2D eigenvalue weighted by molar-refractivity contribution is -0.132. The quantitative estimate of drug-likeness (QED) is 0.647. The highest BCUT2D eigenvalue weighted by Crippen LogP contribution is 2.36. The molecule has 1 saturated carbocycles. The third-order valence-corrected chi connectivity index (χ3v) is 4.99.